The number of aromatic nitrogens is 1. The van der Waals surface area contributed by atoms with E-state index in [1.54, 1.807) is 13.2 Å². The summed E-state index contributed by atoms with van der Waals surface area (Å²) < 4.78 is 5.25. The van der Waals surface area contributed by atoms with Gasteiger partial charge in [-0.3, -0.25) is 9.59 Å². The minimum Gasteiger partial charge on any atom is -0.507 e. The number of hydrogen-bond acceptors (Lipinski definition) is 4. The molecule has 6 heteroatoms. The van der Waals surface area contributed by atoms with Crippen molar-refractivity contribution in [3.63, 3.8) is 0 Å². The fraction of sp³-hybridized carbons (Fsp3) is 0.0968. The number of H-pyrrole nitrogens is 1. The van der Waals surface area contributed by atoms with Crippen molar-refractivity contribution >= 4 is 39.1 Å². The second-order valence-electron chi connectivity index (χ2n) is 9.13. The highest BCUT2D eigenvalue weighted by molar-refractivity contribution is 6.46. The summed E-state index contributed by atoms with van der Waals surface area (Å²) >= 11 is 0. The molecule has 0 radical (unpaired) electrons. The van der Waals surface area contributed by atoms with Gasteiger partial charge in [0, 0.05) is 34.8 Å². The van der Waals surface area contributed by atoms with Gasteiger partial charge in [-0.05, 0) is 40.6 Å². The van der Waals surface area contributed by atoms with Crippen LogP contribution in [0.5, 0.6) is 5.75 Å². The van der Waals surface area contributed by atoms with Crippen molar-refractivity contribution in [1.29, 1.82) is 0 Å². The molecule has 182 valence electrons. The van der Waals surface area contributed by atoms with E-state index < -0.39 is 17.7 Å². The first kappa shape index (κ1) is 22.6. The molecule has 1 aliphatic rings. The third-order valence-corrected chi connectivity index (χ3v) is 6.99. The topological polar surface area (TPSA) is 82.6 Å². The van der Waals surface area contributed by atoms with Crippen LogP contribution < -0.4 is 4.74 Å². The molecule has 1 amide bonds. The highest BCUT2D eigenvalue weighted by Gasteiger charge is 2.46. The first-order chi connectivity index (χ1) is 18.0. The largest absolute Gasteiger partial charge is 0.507 e. The number of ketones is 1. The van der Waals surface area contributed by atoms with Gasteiger partial charge in [-0.2, -0.15) is 0 Å². The predicted molar refractivity (Wildman–Crippen MR) is 143 cm³/mol. The van der Waals surface area contributed by atoms with Gasteiger partial charge in [0.05, 0.1) is 18.7 Å². The number of nitrogens with zero attached hydrogens (tertiary/aromatic N) is 1. The monoisotopic (exact) mass is 488 g/mol. The molecule has 1 unspecified atom stereocenters. The van der Waals surface area contributed by atoms with E-state index in [1.165, 1.54) is 4.90 Å². The molecule has 1 fully saturated rings. The molecule has 6 nitrogen and oxygen atoms in total. The van der Waals surface area contributed by atoms with Crippen molar-refractivity contribution in [2.24, 2.45) is 0 Å². The fourth-order valence-corrected chi connectivity index (χ4v) is 5.11. The third kappa shape index (κ3) is 3.83. The van der Waals surface area contributed by atoms with Gasteiger partial charge in [0.1, 0.15) is 11.5 Å². The molecule has 2 heterocycles. The molecule has 0 aliphatic carbocycles. The number of ether oxygens (including phenoxy) is 1. The predicted octanol–water partition coefficient (Wildman–Crippen LogP) is 5.95. The van der Waals surface area contributed by atoms with Crippen LogP contribution in [0.4, 0.5) is 0 Å². The third-order valence-electron chi connectivity index (χ3n) is 6.99. The lowest BCUT2D eigenvalue weighted by atomic mass is 9.94. The number of Topliss-reactive ketones (excluding diaryl/α,β-unsaturated/α-hetero) is 1. The fourth-order valence-electron chi connectivity index (χ4n) is 5.11. The molecule has 1 atom stereocenters. The molecule has 2 N–H and O–H groups in total. The van der Waals surface area contributed by atoms with E-state index in [0.717, 1.165) is 32.8 Å². The van der Waals surface area contributed by atoms with Crippen LogP contribution in [0.1, 0.15) is 22.7 Å². The molecular weight excluding hydrogens is 464 g/mol. The van der Waals surface area contributed by atoms with Crippen LogP contribution in [0.3, 0.4) is 0 Å². The molecule has 5 aromatic rings. The second kappa shape index (κ2) is 8.99. The Morgan fingerprint density at radius 1 is 0.919 bits per heavy atom. The zero-order valence-electron chi connectivity index (χ0n) is 20.1. The molecule has 0 bridgehead atoms. The number of amides is 1. The number of benzene rings is 4. The molecule has 1 saturated heterocycles. The first-order valence-electron chi connectivity index (χ1n) is 12.0. The Labute approximate surface area is 213 Å². The smallest absolute Gasteiger partial charge is 0.295 e. The normalized spacial score (nSPS) is 17.1. The Morgan fingerprint density at radius 3 is 2.43 bits per heavy atom. The van der Waals surface area contributed by atoms with Crippen LogP contribution in [-0.2, 0) is 16.1 Å². The number of carbonyl (C=O) groups is 2. The summed E-state index contributed by atoms with van der Waals surface area (Å²) in [5.74, 6) is -0.824. The Hall–Kier alpha value is -4.84. The van der Waals surface area contributed by atoms with Crippen LogP contribution in [-0.4, -0.2) is 33.8 Å². The summed E-state index contributed by atoms with van der Waals surface area (Å²) in [7, 11) is 1.59. The number of fused-ring (bicyclic) bond motifs is 2. The van der Waals surface area contributed by atoms with Crippen molar-refractivity contribution in [1.82, 2.24) is 9.88 Å². The van der Waals surface area contributed by atoms with E-state index in [-0.39, 0.29) is 17.9 Å². The van der Waals surface area contributed by atoms with Gasteiger partial charge < -0.3 is 19.7 Å². The van der Waals surface area contributed by atoms with Gasteiger partial charge in [0.2, 0.25) is 0 Å². The molecule has 1 aromatic heterocycles. The first-order valence-corrected chi connectivity index (χ1v) is 12.0. The van der Waals surface area contributed by atoms with Crippen molar-refractivity contribution < 1.29 is 19.4 Å². The summed E-state index contributed by atoms with van der Waals surface area (Å²) in [6.45, 7) is 0.202. The van der Waals surface area contributed by atoms with Crippen LogP contribution in [0.25, 0.3) is 27.4 Å². The van der Waals surface area contributed by atoms with E-state index in [1.807, 2.05) is 91.1 Å². The lowest BCUT2D eigenvalue weighted by Gasteiger charge is -2.25. The highest BCUT2D eigenvalue weighted by Crippen LogP contribution is 2.43. The Bertz CT molecular complexity index is 1700. The van der Waals surface area contributed by atoms with Gasteiger partial charge in [-0.1, -0.05) is 66.7 Å². The minimum atomic E-state index is -0.760. The van der Waals surface area contributed by atoms with Crippen LogP contribution in [0.15, 0.2) is 103 Å². The standard InChI is InChI=1S/C31H24N2O4/c1-37-23-14-10-19(11-15-23)18-33-28(25-17-32-26-9-5-4-8-24(25)26)27(30(35)31(33)36)29(34)22-13-12-20-6-2-3-7-21(20)16-22/h2-17,28,32,34H,18H2,1H3/b29-27+. The molecule has 4 aromatic carbocycles. The van der Waals surface area contributed by atoms with E-state index in [2.05, 4.69) is 4.98 Å². The highest BCUT2D eigenvalue weighted by atomic mass is 16.5. The average molecular weight is 489 g/mol. The van der Waals surface area contributed by atoms with Crippen LogP contribution in [0.2, 0.25) is 0 Å². The zero-order valence-corrected chi connectivity index (χ0v) is 20.1. The molecule has 6 rings (SSSR count). The zero-order chi connectivity index (χ0) is 25.5. The lowest BCUT2D eigenvalue weighted by Crippen LogP contribution is -2.29. The maximum absolute atomic E-state index is 13.5. The van der Waals surface area contributed by atoms with Crippen molar-refractivity contribution in [3.05, 3.63) is 119 Å². The van der Waals surface area contributed by atoms with E-state index in [4.69, 9.17) is 4.74 Å². The number of carbonyl (C=O) groups excluding carboxylic acids is 2. The summed E-state index contributed by atoms with van der Waals surface area (Å²) in [5, 5.41) is 14.4. The summed E-state index contributed by atoms with van der Waals surface area (Å²) in [6, 6.07) is 27.7. The number of nitrogens with one attached hydrogen (secondary N) is 1. The number of para-hydroxylation sites is 1. The number of aromatic amines is 1. The maximum atomic E-state index is 13.5. The minimum absolute atomic E-state index is 0.0820. The number of aliphatic hydroxyl groups is 1. The van der Waals surface area contributed by atoms with E-state index in [9.17, 15) is 14.7 Å². The number of rotatable bonds is 5. The lowest BCUT2D eigenvalue weighted by molar-refractivity contribution is -0.140. The number of aliphatic hydroxyl groups excluding tert-OH is 1. The second-order valence-corrected chi connectivity index (χ2v) is 9.13. The van der Waals surface area contributed by atoms with Gasteiger partial charge in [0.15, 0.2) is 0 Å². The van der Waals surface area contributed by atoms with Crippen molar-refractivity contribution in [2.45, 2.75) is 12.6 Å². The van der Waals surface area contributed by atoms with Crippen molar-refractivity contribution in [3.8, 4) is 5.75 Å². The summed E-state index contributed by atoms with van der Waals surface area (Å²) in [4.78, 5) is 31.7. The summed E-state index contributed by atoms with van der Waals surface area (Å²) in [6.07, 6.45) is 1.82. The van der Waals surface area contributed by atoms with Gasteiger partial charge in [-0.15, -0.1) is 0 Å². The molecule has 1 aliphatic heterocycles. The van der Waals surface area contributed by atoms with Gasteiger partial charge in [0.25, 0.3) is 11.7 Å². The number of likely N-dealkylation sites (tertiary alicyclic amines) is 1. The summed E-state index contributed by atoms with van der Waals surface area (Å²) in [5.41, 5.74) is 3.06. The van der Waals surface area contributed by atoms with Crippen LogP contribution >= 0.6 is 0 Å². The molecule has 0 spiro atoms. The molecule has 0 saturated carbocycles. The molecular formula is C31H24N2O4. The Balaban J connectivity index is 1.52. The quantitative estimate of drug-likeness (QED) is 0.182. The number of methoxy groups -OCH3 is 1. The van der Waals surface area contributed by atoms with E-state index >= 15 is 0 Å². The Morgan fingerprint density at radius 2 is 1.65 bits per heavy atom. The maximum Gasteiger partial charge on any atom is 0.295 e. The SMILES string of the molecule is COc1ccc(CN2C(=O)C(=O)/C(=C(/O)c3ccc4ccccc4c3)C2c2c[nH]c3ccccc23)cc1. The number of hydrogen-bond donors (Lipinski definition) is 2. The van der Waals surface area contributed by atoms with E-state index in [0.29, 0.717) is 11.3 Å². The van der Waals surface area contributed by atoms with Gasteiger partial charge >= 0.3 is 0 Å². The van der Waals surface area contributed by atoms with Crippen molar-refractivity contribution in [2.75, 3.05) is 7.11 Å². The van der Waals surface area contributed by atoms with Gasteiger partial charge in [-0.25, -0.2) is 0 Å². The molecule has 37 heavy (non-hydrogen) atoms. The average Bonchev–Trinajstić information content (AvgIpc) is 3.47. The Kier molecular flexibility index (Phi) is 5.49. The van der Waals surface area contributed by atoms with Crippen LogP contribution in [0, 0.1) is 0 Å².